The zero-order valence-electron chi connectivity index (χ0n) is 20.9. The summed E-state index contributed by atoms with van der Waals surface area (Å²) in [6.07, 6.45) is 1.48. The lowest BCUT2D eigenvalue weighted by molar-refractivity contribution is -0.384. The number of non-ortho nitro benzene ring substituents is 1. The highest BCUT2D eigenvalue weighted by atomic mass is 35.5. The summed E-state index contributed by atoms with van der Waals surface area (Å²) in [5.74, 6) is 0.921. The van der Waals surface area contributed by atoms with Gasteiger partial charge < -0.3 is 14.2 Å². The van der Waals surface area contributed by atoms with Crippen LogP contribution in [0.25, 0.3) is 0 Å². The molecule has 0 bridgehead atoms. The molecule has 0 unspecified atom stereocenters. The zero-order chi connectivity index (χ0) is 27.6. The second kappa shape index (κ2) is 13.1. The summed E-state index contributed by atoms with van der Waals surface area (Å²) in [6.45, 7) is 0.418. The Balaban J connectivity index is 1.36. The lowest BCUT2D eigenvalue weighted by Gasteiger charge is -2.12. The van der Waals surface area contributed by atoms with Crippen molar-refractivity contribution in [3.63, 3.8) is 0 Å². The molecule has 10 heteroatoms. The Kier molecular flexibility index (Phi) is 9.10. The monoisotopic (exact) mass is 545 g/mol. The fourth-order valence-electron chi connectivity index (χ4n) is 3.54. The zero-order valence-corrected chi connectivity index (χ0v) is 21.6. The van der Waals surface area contributed by atoms with E-state index in [0.29, 0.717) is 33.4 Å². The molecule has 0 heterocycles. The first kappa shape index (κ1) is 27.2. The maximum Gasteiger partial charge on any atom is 0.275 e. The van der Waals surface area contributed by atoms with E-state index in [1.807, 2.05) is 18.2 Å². The van der Waals surface area contributed by atoms with Crippen LogP contribution in [0.15, 0.2) is 96.1 Å². The van der Waals surface area contributed by atoms with Gasteiger partial charge in [0.25, 0.3) is 11.6 Å². The van der Waals surface area contributed by atoms with E-state index < -0.39 is 10.8 Å². The molecule has 4 aromatic rings. The molecule has 4 rings (SSSR count). The number of hydrogen-bond donors (Lipinski definition) is 1. The van der Waals surface area contributed by atoms with Crippen LogP contribution in [0.2, 0.25) is 5.02 Å². The molecule has 0 aliphatic heterocycles. The van der Waals surface area contributed by atoms with Crippen LogP contribution in [0.4, 0.5) is 5.69 Å². The summed E-state index contributed by atoms with van der Waals surface area (Å²) in [6, 6.07) is 25.5. The Morgan fingerprint density at radius 2 is 1.64 bits per heavy atom. The first-order chi connectivity index (χ1) is 18.9. The van der Waals surface area contributed by atoms with Crippen LogP contribution in [0, 0.1) is 10.1 Å². The van der Waals surface area contributed by atoms with Crippen molar-refractivity contribution in [1.82, 2.24) is 5.43 Å². The number of nitrogens with one attached hydrogen (secondary N) is 1. The maximum absolute atomic E-state index is 12.8. The summed E-state index contributed by atoms with van der Waals surface area (Å²) in [7, 11) is 1.51. The van der Waals surface area contributed by atoms with Gasteiger partial charge in [-0.1, -0.05) is 41.9 Å². The van der Waals surface area contributed by atoms with Crippen molar-refractivity contribution in [2.75, 3.05) is 7.11 Å². The number of carbonyl (C=O) groups excluding carboxylic acids is 1. The van der Waals surface area contributed by atoms with Crippen molar-refractivity contribution in [3.8, 4) is 17.2 Å². The Morgan fingerprint density at radius 3 is 2.38 bits per heavy atom. The highest BCUT2D eigenvalue weighted by molar-refractivity contribution is 6.31. The Labute approximate surface area is 229 Å². The average molecular weight is 546 g/mol. The third kappa shape index (κ3) is 7.33. The van der Waals surface area contributed by atoms with Crippen LogP contribution >= 0.6 is 11.6 Å². The number of para-hydroxylation sites is 1. The second-order valence-corrected chi connectivity index (χ2v) is 8.61. The number of methoxy groups -OCH3 is 1. The molecule has 0 saturated carbocycles. The summed E-state index contributed by atoms with van der Waals surface area (Å²) in [5, 5.41) is 15.5. The van der Waals surface area contributed by atoms with E-state index in [0.717, 1.165) is 11.1 Å². The third-order valence-corrected chi connectivity index (χ3v) is 5.95. The predicted octanol–water partition coefficient (Wildman–Crippen LogP) is 6.18. The SMILES string of the molecule is COc1cc(/C=N/NC(=O)c2ccccc2OCc2ccccc2Cl)ccc1OCc1ccc([N+](=O)[O-])cc1. The Bertz CT molecular complexity index is 1490. The lowest BCUT2D eigenvalue weighted by atomic mass is 10.2. The molecule has 0 fully saturated rings. The summed E-state index contributed by atoms with van der Waals surface area (Å²) in [4.78, 5) is 23.1. The van der Waals surface area contributed by atoms with E-state index in [1.165, 1.54) is 25.5 Å². The number of hydrazone groups is 1. The highest BCUT2D eigenvalue weighted by Gasteiger charge is 2.13. The van der Waals surface area contributed by atoms with E-state index in [4.69, 9.17) is 25.8 Å². The summed E-state index contributed by atoms with van der Waals surface area (Å²) >= 11 is 6.20. The molecule has 0 radical (unpaired) electrons. The minimum atomic E-state index is -0.453. The van der Waals surface area contributed by atoms with Crippen LogP contribution in [0.1, 0.15) is 27.0 Å². The summed E-state index contributed by atoms with van der Waals surface area (Å²) in [5.41, 5.74) is 5.10. The van der Waals surface area contributed by atoms with Crippen LogP contribution < -0.4 is 19.6 Å². The van der Waals surface area contributed by atoms with Gasteiger partial charge in [0.05, 0.1) is 23.8 Å². The van der Waals surface area contributed by atoms with Gasteiger partial charge in [0.1, 0.15) is 19.0 Å². The number of nitrogens with zero attached hydrogens (tertiary/aromatic N) is 2. The Morgan fingerprint density at radius 1 is 0.923 bits per heavy atom. The van der Waals surface area contributed by atoms with Gasteiger partial charge in [-0.15, -0.1) is 0 Å². The topological polar surface area (TPSA) is 112 Å². The average Bonchev–Trinajstić information content (AvgIpc) is 2.96. The molecule has 1 N–H and O–H groups in total. The highest BCUT2D eigenvalue weighted by Crippen LogP contribution is 2.29. The molecule has 0 aliphatic carbocycles. The quantitative estimate of drug-likeness (QED) is 0.137. The molecule has 9 nitrogen and oxygen atoms in total. The van der Waals surface area contributed by atoms with Crippen molar-refractivity contribution >= 4 is 29.4 Å². The number of ether oxygens (including phenoxy) is 3. The molecule has 198 valence electrons. The van der Waals surface area contributed by atoms with Crippen molar-refractivity contribution in [2.24, 2.45) is 5.10 Å². The molecular weight excluding hydrogens is 522 g/mol. The third-order valence-electron chi connectivity index (χ3n) is 5.58. The van der Waals surface area contributed by atoms with Gasteiger partial charge >= 0.3 is 0 Å². The van der Waals surface area contributed by atoms with Crippen molar-refractivity contribution in [1.29, 1.82) is 0 Å². The fourth-order valence-corrected chi connectivity index (χ4v) is 3.73. The van der Waals surface area contributed by atoms with E-state index >= 15 is 0 Å². The molecule has 39 heavy (non-hydrogen) atoms. The van der Waals surface area contributed by atoms with E-state index in [9.17, 15) is 14.9 Å². The van der Waals surface area contributed by atoms with Gasteiger partial charge in [0.15, 0.2) is 11.5 Å². The molecule has 0 aliphatic rings. The number of halogens is 1. The van der Waals surface area contributed by atoms with Crippen LogP contribution in [0.3, 0.4) is 0 Å². The van der Waals surface area contributed by atoms with Crippen molar-refractivity contribution in [3.05, 3.63) is 128 Å². The van der Waals surface area contributed by atoms with Gasteiger partial charge in [0.2, 0.25) is 0 Å². The van der Waals surface area contributed by atoms with Crippen LogP contribution in [0.5, 0.6) is 17.2 Å². The number of amides is 1. The first-order valence-corrected chi connectivity index (χ1v) is 12.1. The van der Waals surface area contributed by atoms with E-state index in [2.05, 4.69) is 10.5 Å². The molecule has 0 atom stereocenters. The molecule has 1 amide bonds. The summed E-state index contributed by atoms with van der Waals surface area (Å²) < 4.78 is 17.1. The van der Waals surface area contributed by atoms with Gasteiger partial charge in [-0.2, -0.15) is 5.10 Å². The number of benzene rings is 4. The molecule has 0 saturated heterocycles. The molecular formula is C29H24ClN3O6. The minimum absolute atomic E-state index is 0.0140. The van der Waals surface area contributed by atoms with Gasteiger partial charge in [-0.05, 0) is 59.7 Å². The van der Waals surface area contributed by atoms with E-state index in [1.54, 1.807) is 60.7 Å². The largest absolute Gasteiger partial charge is 0.493 e. The Hall–Kier alpha value is -4.89. The lowest BCUT2D eigenvalue weighted by Crippen LogP contribution is -2.18. The number of nitro groups is 1. The minimum Gasteiger partial charge on any atom is -0.493 e. The maximum atomic E-state index is 12.8. The second-order valence-electron chi connectivity index (χ2n) is 8.20. The first-order valence-electron chi connectivity index (χ1n) is 11.8. The molecule has 4 aromatic carbocycles. The number of rotatable bonds is 11. The van der Waals surface area contributed by atoms with Gasteiger partial charge in [-0.3, -0.25) is 14.9 Å². The van der Waals surface area contributed by atoms with Crippen molar-refractivity contribution < 1.29 is 23.9 Å². The van der Waals surface area contributed by atoms with Crippen LogP contribution in [-0.2, 0) is 13.2 Å². The predicted molar refractivity (Wildman–Crippen MR) is 148 cm³/mol. The number of hydrogen-bond acceptors (Lipinski definition) is 7. The van der Waals surface area contributed by atoms with Gasteiger partial charge in [-0.25, -0.2) is 5.43 Å². The normalized spacial score (nSPS) is 10.7. The standard InChI is InChI=1S/C29H24ClN3O6/c1-37-28-16-21(12-15-27(28)38-18-20-10-13-23(14-11-20)33(35)36)17-31-32-29(34)24-7-3-5-9-26(24)39-19-22-6-2-4-8-25(22)30/h2-17H,18-19H2,1H3,(H,32,34)/b31-17+. The molecule has 0 aromatic heterocycles. The number of nitro benzene ring substituents is 1. The smallest absolute Gasteiger partial charge is 0.275 e. The fraction of sp³-hybridized carbons (Fsp3) is 0.103. The van der Waals surface area contributed by atoms with Crippen LogP contribution in [-0.4, -0.2) is 24.2 Å². The van der Waals surface area contributed by atoms with Gasteiger partial charge in [0, 0.05) is 22.7 Å². The van der Waals surface area contributed by atoms with E-state index in [-0.39, 0.29) is 18.9 Å². The molecule has 0 spiro atoms. The van der Waals surface area contributed by atoms with Crippen molar-refractivity contribution in [2.45, 2.75) is 13.2 Å². The number of carbonyl (C=O) groups is 1.